The standard InChI is InChI=1S/C39H37N3O9/c1-25(43)50-35-34(44)32(51-37(35)42-23-22-33(41-38(42)46)40-36(45)26-10-6-4-7-11-26)24-49-39(27-12-8-5-9-13-27,28-14-18-30(47-2)19-15-28)29-16-20-31(48-3)21-17-29/h4-23,32,34-35,37,44H,24H2,1-3H3,(H,40,41,45,46)/t32-,34-,35+,37-/m1/s1. The first kappa shape index (κ1) is 35.0. The third-order valence-electron chi connectivity index (χ3n) is 8.63. The van der Waals surface area contributed by atoms with Crippen LogP contribution in [0.1, 0.15) is 40.2 Å². The number of methoxy groups -OCH3 is 2. The Morgan fingerprint density at radius 3 is 1.90 bits per heavy atom. The summed E-state index contributed by atoms with van der Waals surface area (Å²) in [6.07, 6.45) is -3.65. The van der Waals surface area contributed by atoms with Gasteiger partial charge >= 0.3 is 11.7 Å². The van der Waals surface area contributed by atoms with E-state index >= 15 is 0 Å². The molecule has 12 heteroatoms. The minimum absolute atomic E-state index is 0.0131. The molecular formula is C39H37N3O9. The van der Waals surface area contributed by atoms with E-state index < -0.39 is 47.7 Å². The van der Waals surface area contributed by atoms with Gasteiger partial charge in [0.25, 0.3) is 5.91 Å². The predicted octanol–water partition coefficient (Wildman–Crippen LogP) is 4.71. The molecule has 0 unspecified atom stereocenters. The molecule has 51 heavy (non-hydrogen) atoms. The minimum atomic E-state index is -1.40. The fraction of sp³-hybridized carbons (Fsp3) is 0.231. The van der Waals surface area contributed by atoms with Gasteiger partial charge in [0.2, 0.25) is 0 Å². The molecule has 12 nitrogen and oxygen atoms in total. The van der Waals surface area contributed by atoms with E-state index in [9.17, 15) is 19.5 Å². The second kappa shape index (κ2) is 15.4. The number of carbonyl (C=O) groups is 2. The molecule has 5 aromatic rings. The van der Waals surface area contributed by atoms with Crippen molar-refractivity contribution in [1.82, 2.24) is 9.55 Å². The highest BCUT2D eigenvalue weighted by Crippen LogP contribution is 2.43. The van der Waals surface area contributed by atoms with Crippen molar-refractivity contribution in [1.29, 1.82) is 0 Å². The van der Waals surface area contributed by atoms with E-state index in [4.69, 9.17) is 23.7 Å². The molecule has 0 aliphatic carbocycles. The van der Waals surface area contributed by atoms with Crippen molar-refractivity contribution in [3.63, 3.8) is 0 Å². The van der Waals surface area contributed by atoms with Crippen LogP contribution in [-0.2, 0) is 24.6 Å². The summed E-state index contributed by atoms with van der Waals surface area (Å²) in [6.45, 7) is 1.00. The Morgan fingerprint density at radius 1 is 0.824 bits per heavy atom. The Bertz CT molecular complexity index is 1960. The van der Waals surface area contributed by atoms with Gasteiger partial charge in [-0.25, -0.2) is 4.79 Å². The Hall–Kier alpha value is -5.82. The topological polar surface area (TPSA) is 147 Å². The van der Waals surface area contributed by atoms with E-state index in [1.165, 1.54) is 19.2 Å². The van der Waals surface area contributed by atoms with Gasteiger partial charge in [-0.15, -0.1) is 0 Å². The average Bonchev–Trinajstić information content (AvgIpc) is 3.46. The summed E-state index contributed by atoms with van der Waals surface area (Å²) in [5, 5.41) is 14.2. The molecule has 1 amide bonds. The number of hydrogen-bond donors (Lipinski definition) is 2. The molecule has 1 aromatic heterocycles. The third kappa shape index (κ3) is 7.38. The first-order valence-corrected chi connectivity index (χ1v) is 16.2. The van der Waals surface area contributed by atoms with Crippen molar-refractivity contribution in [2.75, 3.05) is 26.1 Å². The molecule has 0 saturated carbocycles. The van der Waals surface area contributed by atoms with Crippen LogP contribution in [0.3, 0.4) is 0 Å². The van der Waals surface area contributed by atoms with E-state index in [0.717, 1.165) is 21.3 Å². The van der Waals surface area contributed by atoms with Crippen LogP contribution in [0.5, 0.6) is 11.5 Å². The van der Waals surface area contributed by atoms with Gasteiger partial charge < -0.3 is 34.1 Å². The number of benzene rings is 4. The van der Waals surface area contributed by atoms with Crippen LogP contribution in [0.4, 0.5) is 5.82 Å². The second-order valence-electron chi connectivity index (χ2n) is 11.8. The van der Waals surface area contributed by atoms with Crippen LogP contribution in [-0.4, -0.2) is 65.7 Å². The van der Waals surface area contributed by atoms with E-state index in [-0.39, 0.29) is 12.4 Å². The first-order valence-electron chi connectivity index (χ1n) is 16.2. The summed E-state index contributed by atoms with van der Waals surface area (Å²) in [5.74, 6) is 0.193. The number of rotatable bonds is 12. The number of esters is 1. The van der Waals surface area contributed by atoms with Crippen LogP contribution in [0.15, 0.2) is 126 Å². The summed E-state index contributed by atoms with van der Waals surface area (Å²) in [6, 6.07) is 34.4. The van der Waals surface area contributed by atoms with Crippen LogP contribution in [0.25, 0.3) is 0 Å². The highest BCUT2D eigenvalue weighted by Gasteiger charge is 2.49. The molecule has 262 valence electrons. The Labute approximate surface area is 294 Å². The molecule has 2 heterocycles. The van der Waals surface area contributed by atoms with Gasteiger partial charge in [-0.2, -0.15) is 4.98 Å². The van der Waals surface area contributed by atoms with Crippen molar-refractivity contribution in [2.24, 2.45) is 0 Å². The van der Waals surface area contributed by atoms with Crippen molar-refractivity contribution in [2.45, 2.75) is 37.1 Å². The van der Waals surface area contributed by atoms with Gasteiger partial charge in [0.15, 0.2) is 12.3 Å². The zero-order chi connectivity index (χ0) is 36.0. The number of nitrogens with zero attached hydrogens (tertiary/aromatic N) is 2. The van der Waals surface area contributed by atoms with E-state index in [1.807, 2.05) is 78.9 Å². The maximum atomic E-state index is 13.3. The van der Waals surface area contributed by atoms with Crippen molar-refractivity contribution in [3.8, 4) is 11.5 Å². The zero-order valence-corrected chi connectivity index (χ0v) is 28.2. The Balaban J connectivity index is 1.33. The van der Waals surface area contributed by atoms with Crippen molar-refractivity contribution < 1.29 is 38.4 Å². The molecular weight excluding hydrogens is 654 g/mol. The van der Waals surface area contributed by atoms with Gasteiger partial charge in [-0.1, -0.05) is 72.8 Å². The molecule has 1 fully saturated rings. The molecule has 1 aliphatic rings. The maximum Gasteiger partial charge on any atom is 0.351 e. The van der Waals surface area contributed by atoms with Crippen molar-refractivity contribution in [3.05, 3.63) is 154 Å². The number of hydrogen-bond acceptors (Lipinski definition) is 10. The quantitative estimate of drug-likeness (QED) is 0.139. The van der Waals surface area contributed by atoms with E-state index in [2.05, 4.69) is 10.3 Å². The number of aromatic nitrogens is 2. The lowest BCUT2D eigenvalue weighted by Gasteiger charge is -2.37. The molecule has 0 radical (unpaired) electrons. The van der Waals surface area contributed by atoms with Gasteiger partial charge in [0, 0.05) is 18.7 Å². The highest BCUT2D eigenvalue weighted by atomic mass is 16.6. The molecule has 1 aliphatic heterocycles. The molecule has 0 bridgehead atoms. The minimum Gasteiger partial charge on any atom is -0.497 e. The lowest BCUT2D eigenvalue weighted by Crippen LogP contribution is -2.41. The summed E-state index contributed by atoms with van der Waals surface area (Å²) < 4.78 is 30.6. The smallest absolute Gasteiger partial charge is 0.351 e. The van der Waals surface area contributed by atoms with Gasteiger partial charge in [0.1, 0.15) is 35.1 Å². The van der Waals surface area contributed by atoms with Gasteiger partial charge in [-0.05, 0) is 59.2 Å². The molecule has 0 spiro atoms. The zero-order valence-electron chi connectivity index (χ0n) is 28.2. The first-order chi connectivity index (χ1) is 24.7. The fourth-order valence-corrected chi connectivity index (χ4v) is 6.13. The van der Waals surface area contributed by atoms with Crippen LogP contribution in [0.2, 0.25) is 0 Å². The number of amides is 1. The number of ether oxygens (including phenoxy) is 5. The molecule has 1 saturated heterocycles. The van der Waals surface area contributed by atoms with E-state index in [0.29, 0.717) is 17.1 Å². The number of nitrogens with one attached hydrogen (secondary N) is 1. The van der Waals surface area contributed by atoms with Gasteiger partial charge in [0.05, 0.1) is 20.8 Å². The highest BCUT2D eigenvalue weighted by molar-refractivity contribution is 6.03. The Kier molecular flexibility index (Phi) is 10.6. The number of anilines is 1. The summed E-state index contributed by atoms with van der Waals surface area (Å²) in [7, 11) is 3.17. The van der Waals surface area contributed by atoms with Crippen LogP contribution < -0.4 is 20.5 Å². The summed E-state index contributed by atoms with van der Waals surface area (Å²) >= 11 is 0. The van der Waals surface area contributed by atoms with Crippen LogP contribution >= 0.6 is 0 Å². The monoisotopic (exact) mass is 691 g/mol. The maximum absolute atomic E-state index is 13.3. The second-order valence-corrected chi connectivity index (χ2v) is 11.8. The van der Waals surface area contributed by atoms with Gasteiger partial charge in [-0.3, -0.25) is 14.2 Å². The average molecular weight is 692 g/mol. The predicted molar refractivity (Wildman–Crippen MR) is 187 cm³/mol. The number of carbonyl (C=O) groups excluding carboxylic acids is 2. The number of aliphatic hydroxyl groups is 1. The molecule has 6 rings (SSSR count). The van der Waals surface area contributed by atoms with E-state index in [1.54, 1.807) is 44.6 Å². The Morgan fingerprint density at radius 2 is 1.37 bits per heavy atom. The molecule has 4 aromatic carbocycles. The molecule has 4 atom stereocenters. The SMILES string of the molecule is COc1ccc(C(OC[C@H]2O[C@@H](n3ccc(NC(=O)c4ccccc4)nc3=O)[C@@H](OC(C)=O)[C@@H]2O)(c2ccccc2)c2ccc(OC)cc2)cc1. The fourth-order valence-electron chi connectivity index (χ4n) is 6.13. The third-order valence-corrected chi connectivity index (χ3v) is 8.63. The number of aliphatic hydroxyl groups excluding tert-OH is 1. The molecule has 2 N–H and O–H groups in total. The lowest BCUT2D eigenvalue weighted by atomic mass is 9.80. The normalized spacial score (nSPS) is 18.5. The lowest BCUT2D eigenvalue weighted by molar-refractivity contribution is -0.156. The summed E-state index contributed by atoms with van der Waals surface area (Å²) in [4.78, 5) is 42.2. The largest absolute Gasteiger partial charge is 0.497 e. The van der Waals surface area contributed by atoms with Crippen LogP contribution in [0, 0.1) is 0 Å². The van der Waals surface area contributed by atoms with Crippen molar-refractivity contribution >= 4 is 17.7 Å². The summed E-state index contributed by atoms with van der Waals surface area (Å²) in [5.41, 5.74) is 0.665.